The fraction of sp³-hybridized carbons (Fsp3) is 0.750. The summed E-state index contributed by atoms with van der Waals surface area (Å²) in [7, 11) is 0. The number of carboxylic acids is 1. The number of urea groups is 1. The van der Waals surface area contributed by atoms with Gasteiger partial charge in [-0.15, -0.1) is 0 Å². The number of hydrogen-bond donors (Lipinski definition) is 4. The van der Waals surface area contributed by atoms with Crippen molar-refractivity contribution in [2.75, 3.05) is 13.1 Å². The number of carbonyl (C=O) groups excluding carboxylic acids is 2. The van der Waals surface area contributed by atoms with Crippen LogP contribution in [0.5, 0.6) is 0 Å². The van der Waals surface area contributed by atoms with Crippen LogP contribution < -0.4 is 16.0 Å². The zero-order valence-corrected chi connectivity index (χ0v) is 11.1. The van der Waals surface area contributed by atoms with Crippen molar-refractivity contribution in [2.24, 2.45) is 5.92 Å². The van der Waals surface area contributed by atoms with Crippen molar-refractivity contribution in [3.05, 3.63) is 0 Å². The number of rotatable bonds is 5. The Morgan fingerprint density at radius 2 is 1.84 bits per heavy atom. The van der Waals surface area contributed by atoms with Gasteiger partial charge in [0, 0.05) is 12.6 Å². The molecular formula is C12H21N3O4. The first kappa shape index (κ1) is 15.3. The van der Waals surface area contributed by atoms with Crippen molar-refractivity contribution in [3.8, 4) is 0 Å². The van der Waals surface area contributed by atoms with Crippen molar-refractivity contribution in [1.82, 2.24) is 16.0 Å². The van der Waals surface area contributed by atoms with Crippen LogP contribution >= 0.6 is 0 Å². The topological polar surface area (TPSA) is 108 Å². The van der Waals surface area contributed by atoms with Crippen molar-refractivity contribution < 1.29 is 19.5 Å². The van der Waals surface area contributed by atoms with Gasteiger partial charge >= 0.3 is 12.0 Å². The van der Waals surface area contributed by atoms with Gasteiger partial charge in [-0.2, -0.15) is 0 Å². The molecule has 0 spiro atoms. The first-order valence-corrected chi connectivity index (χ1v) is 6.58. The summed E-state index contributed by atoms with van der Waals surface area (Å²) in [4.78, 5) is 33.8. The summed E-state index contributed by atoms with van der Waals surface area (Å²) in [6.45, 7) is 2.19. The predicted molar refractivity (Wildman–Crippen MR) is 68.6 cm³/mol. The minimum Gasteiger partial charge on any atom is -0.481 e. The summed E-state index contributed by atoms with van der Waals surface area (Å²) in [5.41, 5.74) is 0. The fourth-order valence-corrected chi connectivity index (χ4v) is 2.24. The minimum atomic E-state index is -0.881. The highest BCUT2D eigenvalue weighted by Crippen LogP contribution is 2.24. The second kappa shape index (κ2) is 7.60. The Morgan fingerprint density at radius 1 is 1.16 bits per heavy atom. The summed E-state index contributed by atoms with van der Waals surface area (Å²) >= 11 is 0. The molecule has 4 N–H and O–H groups in total. The second-order valence-corrected chi connectivity index (χ2v) is 4.62. The molecule has 2 unspecified atom stereocenters. The van der Waals surface area contributed by atoms with E-state index in [1.54, 1.807) is 6.92 Å². The highest BCUT2D eigenvalue weighted by Gasteiger charge is 2.31. The van der Waals surface area contributed by atoms with Crippen LogP contribution in [-0.4, -0.2) is 42.1 Å². The van der Waals surface area contributed by atoms with Crippen LogP contribution in [-0.2, 0) is 9.59 Å². The molecular weight excluding hydrogens is 250 g/mol. The van der Waals surface area contributed by atoms with E-state index in [0.717, 1.165) is 12.8 Å². The molecule has 1 fully saturated rings. The molecule has 7 nitrogen and oxygen atoms in total. The molecule has 1 aliphatic rings. The lowest BCUT2D eigenvalue weighted by atomic mass is 9.84. The van der Waals surface area contributed by atoms with Crippen LogP contribution in [0.25, 0.3) is 0 Å². The van der Waals surface area contributed by atoms with Gasteiger partial charge in [-0.25, -0.2) is 4.79 Å². The smallest absolute Gasteiger partial charge is 0.315 e. The molecule has 0 heterocycles. The minimum absolute atomic E-state index is 0.107. The van der Waals surface area contributed by atoms with E-state index in [2.05, 4.69) is 16.0 Å². The highest BCUT2D eigenvalue weighted by atomic mass is 16.4. The second-order valence-electron chi connectivity index (χ2n) is 4.62. The Balaban J connectivity index is 2.37. The number of carbonyl (C=O) groups is 3. The van der Waals surface area contributed by atoms with Gasteiger partial charge in [0.2, 0.25) is 5.91 Å². The number of amides is 3. The molecule has 1 saturated carbocycles. The molecule has 2 atom stereocenters. The Bertz CT molecular complexity index is 346. The number of likely N-dealkylation sites (N-methyl/N-ethyl adjacent to an activating group) is 1. The van der Waals surface area contributed by atoms with Crippen LogP contribution in [0.2, 0.25) is 0 Å². The van der Waals surface area contributed by atoms with Crippen molar-refractivity contribution in [2.45, 2.75) is 38.6 Å². The number of nitrogens with one attached hydrogen (secondary N) is 3. The van der Waals surface area contributed by atoms with E-state index in [0.29, 0.717) is 19.4 Å². The lowest BCUT2D eigenvalue weighted by Gasteiger charge is -2.29. The third-order valence-electron chi connectivity index (χ3n) is 3.18. The molecule has 0 aliphatic heterocycles. The van der Waals surface area contributed by atoms with Crippen molar-refractivity contribution >= 4 is 17.9 Å². The molecule has 19 heavy (non-hydrogen) atoms. The molecule has 0 saturated heterocycles. The SMILES string of the molecule is CCNC(=O)CNC(=O)NC1CCCCC1C(=O)O. The van der Waals surface area contributed by atoms with Crippen LogP contribution in [0.3, 0.4) is 0 Å². The Morgan fingerprint density at radius 3 is 2.47 bits per heavy atom. The van der Waals surface area contributed by atoms with Crippen molar-refractivity contribution in [1.29, 1.82) is 0 Å². The molecule has 0 radical (unpaired) electrons. The highest BCUT2D eigenvalue weighted by molar-refractivity contribution is 5.84. The Kier molecular flexibility index (Phi) is 6.11. The lowest BCUT2D eigenvalue weighted by molar-refractivity contribution is -0.143. The number of carboxylic acid groups (broad SMARTS) is 1. The Hall–Kier alpha value is -1.79. The molecule has 0 aromatic carbocycles. The van der Waals surface area contributed by atoms with Gasteiger partial charge in [0.25, 0.3) is 0 Å². The van der Waals surface area contributed by atoms with E-state index in [1.807, 2.05) is 0 Å². The van der Waals surface area contributed by atoms with Crippen LogP contribution in [0, 0.1) is 5.92 Å². The van der Waals surface area contributed by atoms with Gasteiger partial charge in [0.1, 0.15) is 0 Å². The zero-order chi connectivity index (χ0) is 14.3. The standard InChI is InChI=1S/C12H21N3O4/c1-2-13-10(16)7-14-12(19)15-9-6-4-3-5-8(9)11(17)18/h8-9H,2-7H2,1H3,(H,13,16)(H,17,18)(H2,14,15,19). The van der Waals surface area contributed by atoms with Crippen LogP contribution in [0.1, 0.15) is 32.6 Å². The van der Waals surface area contributed by atoms with Crippen LogP contribution in [0.4, 0.5) is 4.79 Å². The summed E-state index contributed by atoms with van der Waals surface area (Å²) in [6.07, 6.45) is 3.02. The zero-order valence-electron chi connectivity index (χ0n) is 11.1. The maximum absolute atomic E-state index is 11.6. The quantitative estimate of drug-likeness (QED) is 0.567. The van der Waals surface area contributed by atoms with E-state index in [4.69, 9.17) is 5.11 Å². The third-order valence-corrected chi connectivity index (χ3v) is 3.18. The molecule has 1 rings (SSSR count). The van der Waals surface area contributed by atoms with E-state index in [-0.39, 0.29) is 18.5 Å². The first-order valence-electron chi connectivity index (χ1n) is 6.58. The summed E-state index contributed by atoms with van der Waals surface area (Å²) < 4.78 is 0. The largest absolute Gasteiger partial charge is 0.481 e. The molecule has 108 valence electrons. The average molecular weight is 271 g/mol. The van der Waals surface area contributed by atoms with Gasteiger partial charge in [-0.3, -0.25) is 9.59 Å². The van der Waals surface area contributed by atoms with Gasteiger partial charge < -0.3 is 21.1 Å². The average Bonchev–Trinajstić information content (AvgIpc) is 2.37. The fourth-order valence-electron chi connectivity index (χ4n) is 2.24. The summed E-state index contributed by atoms with van der Waals surface area (Å²) in [6, 6.07) is -0.857. The molecule has 0 aromatic rings. The Labute approximate surface area is 112 Å². The van der Waals surface area contributed by atoms with Gasteiger partial charge in [-0.05, 0) is 19.8 Å². The molecule has 0 bridgehead atoms. The van der Waals surface area contributed by atoms with Crippen LogP contribution in [0.15, 0.2) is 0 Å². The maximum atomic E-state index is 11.6. The first-order chi connectivity index (χ1) is 9.04. The monoisotopic (exact) mass is 271 g/mol. The van der Waals surface area contributed by atoms with Gasteiger partial charge in [0.05, 0.1) is 12.5 Å². The van der Waals surface area contributed by atoms with E-state index >= 15 is 0 Å². The van der Waals surface area contributed by atoms with Gasteiger partial charge in [0.15, 0.2) is 0 Å². The number of aliphatic carboxylic acids is 1. The van der Waals surface area contributed by atoms with Gasteiger partial charge in [-0.1, -0.05) is 12.8 Å². The predicted octanol–water partition coefficient (Wildman–Crippen LogP) is 0.0651. The molecule has 7 heteroatoms. The molecule has 0 aromatic heterocycles. The van der Waals surface area contributed by atoms with E-state index in [9.17, 15) is 14.4 Å². The molecule has 1 aliphatic carbocycles. The normalized spacial score (nSPS) is 22.4. The third kappa shape index (κ3) is 5.15. The maximum Gasteiger partial charge on any atom is 0.315 e. The molecule has 3 amide bonds. The summed E-state index contributed by atoms with van der Waals surface area (Å²) in [5, 5.41) is 16.7. The number of hydrogen-bond acceptors (Lipinski definition) is 3. The van der Waals surface area contributed by atoms with E-state index in [1.165, 1.54) is 0 Å². The lowest BCUT2D eigenvalue weighted by Crippen LogP contribution is -2.50. The summed E-state index contributed by atoms with van der Waals surface area (Å²) in [5.74, 6) is -1.69. The van der Waals surface area contributed by atoms with Crippen molar-refractivity contribution in [3.63, 3.8) is 0 Å². The van der Waals surface area contributed by atoms with E-state index < -0.39 is 17.9 Å².